The van der Waals surface area contributed by atoms with Crippen molar-refractivity contribution in [1.82, 2.24) is 4.98 Å². The molecule has 0 radical (unpaired) electrons. The molecule has 0 aliphatic heterocycles. The molecule has 0 saturated carbocycles. The summed E-state index contributed by atoms with van der Waals surface area (Å²) in [5.41, 5.74) is 2.61. The molecule has 1 amide bonds. The predicted molar refractivity (Wildman–Crippen MR) is 97.1 cm³/mol. The lowest BCUT2D eigenvalue weighted by Crippen LogP contribution is -2.11. The van der Waals surface area contributed by atoms with Gasteiger partial charge >= 0.3 is 0 Å². The zero-order valence-electron chi connectivity index (χ0n) is 13.5. The maximum Gasteiger partial charge on any atom is 0.278 e. The molecule has 1 N–H and O–H groups in total. The average molecular weight is 338 g/mol. The summed E-state index contributed by atoms with van der Waals surface area (Å²) in [4.78, 5) is 16.4. The van der Waals surface area contributed by atoms with E-state index in [1.165, 1.54) is 16.9 Å². The quantitative estimate of drug-likeness (QED) is 0.686. The topological polar surface area (TPSA) is 51.2 Å². The zero-order valence-corrected chi connectivity index (χ0v) is 14.3. The van der Waals surface area contributed by atoms with Crippen molar-refractivity contribution in [1.29, 1.82) is 0 Å². The van der Waals surface area contributed by atoms with Gasteiger partial charge in [0.25, 0.3) is 11.1 Å². The molecule has 2 aromatic carbocycles. The zero-order chi connectivity index (χ0) is 16.9. The molecular weight excluding hydrogens is 320 g/mol. The Morgan fingerprint density at radius 3 is 2.38 bits per heavy atom. The number of hydrogen-bond acceptors (Lipinski definition) is 4. The summed E-state index contributed by atoms with van der Waals surface area (Å²) in [5.74, 6) is 0.982. The van der Waals surface area contributed by atoms with Crippen LogP contribution in [0.2, 0.25) is 0 Å². The third kappa shape index (κ3) is 4.00. The Morgan fingerprint density at radius 1 is 1.08 bits per heavy atom. The Hall–Kier alpha value is -2.66. The molecule has 0 bridgehead atoms. The molecule has 3 aromatic rings. The standard InChI is InChI=1S/C19H18N2O2S/c1-13(2)14-3-7-16(8-4-14)21-18(22)15-5-9-17(10-6-15)23-19-20-11-12-24-19/h3-13H,1-2H3,(H,21,22). The number of thiazole rings is 1. The predicted octanol–water partition coefficient (Wildman–Crippen LogP) is 5.31. The number of amides is 1. The van der Waals surface area contributed by atoms with E-state index in [0.717, 1.165) is 5.69 Å². The fourth-order valence-electron chi connectivity index (χ4n) is 2.19. The van der Waals surface area contributed by atoms with Crippen LogP contribution in [0.1, 0.15) is 35.7 Å². The van der Waals surface area contributed by atoms with Gasteiger partial charge in [-0.1, -0.05) is 37.3 Å². The average Bonchev–Trinajstić information content (AvgIpc) is 3.09. The van der Waals surface area contributed by atoms with Gasteiger partial charge in [0, 0.05) is 22.8 Å². The van der Waals surface area contributed by atoms with Crippen molar-refractivity contribution < 1.29 is 9.53 Å². The number of anilines is 1. The van der Waals surface area contributed by atoms with E-state index in [2.05, 4.69) is 24.1 Å². The molecule has 0 spiro atoms. The first kappa shape index (κ1) is 16.2. The Morgan fingerprint density at radius 2 is 1.79 bits per heavy atom. The van der Waals surface area contributed by atoms with E-state index in [1.54, 1.807) is 30.5 Å². The van der Waals surface area contributed by atoms with Crippen molar-refractivity contribution in [3.63, 3.8) is 0 Å². The maximum absolute atomic E-state index is 12.3. The smallest absolute Gasteiger partial charge is 0.278 e. The molecule has 24 heavy (non-hydrogen) atoms. The number of ether oxygens (including phenoxy) is 1. The van der Waals surface area contributed by atoms with Crippen LogP contribution in [-0.2, 0) is 0 Å². The highest BCUT2D eigenvalue weighted by Gasteiger charge is 2.08. The van der Waals surface area contributed by atoms with Crippen molar-refractivity contribution >= 4 is 22.9 Å². The van der Waals surface area contributed by atoms with Gasteiger partial charge in [-0.25, -0.2) is 4.98 Å². The number of carbonyl (C=O) groups is 1. The summed E-state index contributed by atoms with van der Waals surface area (Å²) in [6, 6.07) is 14.9. The van der Waals surface area contributed by atoms with Crippen LogP contribution in [0.5, 0.6) is 10.9 Å². The Bertz CT molecular complexity index is 794. The van der Waals surface area contributed by atoms with Crippen molar-refractivity contribution in [2.75, 3.05) is 5.32 Å². The second-order valence-electron chi connectivity index (χ2n) is 5.66. The first-order valence-corrected chi connectivity index (χ1v) is 8.58. The molecule has 0 aliphatic rings. The van der Waals surface area contributed by atoms with Gasteiger partial charge in [-0.2, -0.15) is 0 Å². The lowest BCUT2D eigenvalue weighted by Gasteiger charge is -2.09. The summed E-state index contributed by atoms with van der Waals surface area (Å²) < 4.78 is 5.58. The number of nitrogens with one attached hydrogen (secondary N) is 1. The number of benzene rings is 2. The minimum atomic E-state index is -0.145. The lowest BCUT2D eigenvalue weighted by atomic mass is 10.0. The molecule has 1 heterocycles. The van der Waals surface area contributed by atoms with Gasteiger partial charge < -0.3 is 10.1 Å². The van der Waals surface area contributed by atoms with Gasteiger partial charge in [0.05, 0.1) is 0 Å². The van der Waals surface area contributed by atoms with Crippen LogP contribution in [-0.4, -0.2) is 10.9 Å². The van der Waals surface area contributed by atoms with Crippen LogP contribution in [0, 0.1) is 0 Å². The Labute approximate surface area is 145 Å². The molecule has 0 atom stereocenters. The second-order valence-corrected chi connectivity index (χ2v) is 6.51. The minimum absolute atomic E-state index is 0.145. The first-order valence-electron chi connectivity index (χ1n) is 7.70. The van der Waals surface area contributed by atoms with Crippen LogP contribution in [0.25, 0.3) is 0 Å². The molecule has 0 unspecified atom stereocenters. The van der Waals surface area contributed by atoms with Crippen LogP contribution < -0.4 is 10.1 Å². The van der Waals surface area contributed by atoms with Crippen molar-refractivity contribution in [3.8, 4) is 10.9 Å². The Kier molecular flexibility index (Phi) is 4.91. The normalized spacial score (nSPS) is 10.6. The van der Waals surface area contributed by atoms with E-state index in [4.69, 9.17) is 4.74 Å². The monoisotopic (exact) mass is 338 g/mol. The molecule has 0 saturated heterocycles. The van der Waals surface area contributed by atoms with Gasteiger partial charge in [0.1, 0.15) is 5.75 Å². The first-order chi connectivity index (χ1) is 11.6. The second kappa shape index (κ2) is 7.27. The fourth-order valence-corrected chi connectivity index (χ4v) is 2.69. The number of nitrogens with zero attached hydrogens (tertiary/aromatic N) is 1. The highest BCUT2D eigenvalue weighted by molar-refractivity contribution is 7.11. The summed E-state index contributed by atoms with van der Waals surface area (Å²) in [6.07, 6.45) is 1.69. The molecule has 3 rings (SSSR count). The Balaban J connectivity index is 1.64. The minimum Gasteiger partial charge on any atom is -0.431 e. The van der Waals surface area contributed by atoms with E-state index in [0.29, 0.717) is 22.4 Å². The van der Waals surface area contributed by atoms with Gasteiger partial charge in [-0.05, 0) is 47.9 Å². The van der Waals surface area contributed by atoms with E-state index in [-0.39, 0.29) is 5.91 Å². The van der Waals surface area contributed by atoms with E-state index in [1.807, 2.05) is 29.6 Å². The molecular formula is C19H18N2O2S. The number of hydrogen-bond donors (Lipinski definition) is 1. The third-order valence-corrected chi connectivity index (χ3v) is 4.21. The van der Waals surface area contributed by atoms with Gasteiger partial charge in [0.15, 0.2) is 0 Å². The van der Waals surface area contributed by atoms with Gasteiger partial charge in [-0.15, -0.1) is 0 Å². The van der Waals surface area contributed by atoms with Crippen molar-refractivity contribution in [3.05, 3.63) is 71.2 Å². The van der Waals surface area contributed by atoms with Crippen LogP contribution in [0.15, 0.2) is 60.1 Å². The van der Waals surface area contributed by atoms with E-state index < -0.39 is 0 Å². The van der Waals surface area contributed by atoms with Gasteiger partial charge in [-0.3, -0.25) is 4.79 Å². The van der Waals surface area contributed by atoms with Gasteiger partial charge in [0.2, 0.25) is 0 Å². The van der Waals surface area contributed by atoms with Crippen molar-refractivity contribution in [2.45, 2.75) is 19.8 Å². The molecule has 5 heteroatoms. The summed E-state index contributed by atoms with van der Waals surface area (Å²) >= 11 is 1.42. The highest BCUT2D eigenvalue weighted by Crippen LogP contribution is 2.24. The summed E-state index contributed by atoms with van der Waals surface area (Å²) in [7, 11) is 0. The summed E-state index contributed by atoms with van der Waals surface area (Å²) in [5, 5.41) is 5.33. The molecule has 122 valence electrons. The summed E-state index contributed by atoms with van der Waals surface area (Å²) in [6.45, 7) is 4.28. The molecule has 0 aliphatic carbocycles. The number of aromatic nitrogens is 1. The van der Waals surface area contributed by atoms with Crippen molar-refractivity contribution in [2.24, 2.45) is 0 Å². The van der Waals surface area contributed by atoms with Crippen LogP contribution >= 0.6 is 11.3 Å². The van der Waals surface area contributed by atoms with E-state index >= 15 is 0 Å². The highest BCUT2D eigenvalue weighted by atomic mass is 32.1. The van der Waals surface area contributed by atoms with Crippen LogP contribution in [0.3, 0.4) is 0 Å². The molecule has 1 aromatic heterocycles. The largest absolute Gasteiger partial charge is 0.431 e. The maximum atomic E-state index is 12.3. The SMILES string of the molecule is CC(C)c1ccc(NC(=O)c2ccc(Oc3nccs3)cc2)cc1. The molecule has 4 nitrogen and oxygen atoms in total. The lowest BCUT2D eigenvalue weighted by molar-refractivity contribution is 0.102. The number of rotatable bonds is 5. The fraction of sp³-hybridized carbons (Fsp3) is 0.158. The van der Waals surface area contributed by atoms with Crippen LogP contribution in [0.4, 0.5) is 5.69 Å². The third-order valence-electron chi connectivity index (χ3n) is 3.57. The molecule has 0 fully saturated rings. The van der Waals surface area contributed by atoms with E-state index in [9.17, 15) is 4.79 Å². The number of carbonyl (C=O) groups excluding carboxylic acids is 1.